The molecule has 0 aromatic rings. The topological polar surface area (TPSA) is 0 Å². The van der Waals surface area contributed by atoms with Crippen LogP contribution in [0.5, 0.6) is 0 Å². The summed E-state index contributed by atoms with van der Waals surface area (Å²) in [5.74, 6) is 1.68. The average Bonchev–Trinajstić information content (AvgIpc) is 2.39. The first-order valence-corrected chi connectivity index (χ1v) is 8.51. The molecule has 109 valence electrons. The summed E-state index contributed by atoms with van der Waals surface area (Å²) in [6, 6.07) is 0. The van der Waals surface area contributed by atoms with E-state index in [4.69, 9.17) is 0 Å². The summed E-state index contributed by atoms with van der Waals surface area (Å²) in [6.45, 7) is 11.0. The van der Waals surface area contributed by atoms with Crippen molar-refractivity contribution >= 4 is 0 Å². The van der Waals surface area contributed by atoms with Crippen LogP contribution in [0.4, 0.5) is 0 Å². The summed E-state index contributed by atoms with van der Waals surface area (Å²) < 4.78 is 0. The highest BCUT2D eigenvalue weighted by Crippen LogP contribution is 2.21. The first-order chi connectivity index (χ1) is 8.72. The standard InChI is InChI=1S/C18H37/c1-5-7-8-9-10-11-12-13-14-15-16-18(4)17(3)6-2/h17-18H,2,5-16H2,1,3-4H3. The number of hydrogen-bond donors (Lipinski definition) is 0. The van der Waals surface area contributed by atoms with Gasteiger partial charge in [0.05, 0.1) is 0 Å². The maximum absolute atomic E-state index is 4.01. The van der Waals surface area contributed by atoms with E-state index in [0.29, 0.717) is 0 Å². The van der Waals surface area contributed by atoms with Crippen LogP contribution in [0.15, 0.2) is 0 Å². The molecule has 0 heterocycles. The molecule has 0 spiro atoms. The van der Waals surface area contributed by atoms with Crippen molar-refractivity contribution < 1.29 is 0 Å². The van der Waals surface area contributed by atoms with Crippen LogP contribution in [0, 0.1) is 18.8 Å². The predicted molar refractivity (Wildman–Crippen MR) is 84.8 cm³/mol. The number of unbranched alkanes of at least 4 members (excludes halogenated alkanes) is 9. The second-order valence-electron chi connectivity index (χ2n) is 6.21. The molecule has 0 bridgehead atoms. The molecular formula is C18H37. The molecule has 0 N–H and O–H groups in total. The highest BCUT2D eigenvalue weighted by molar-refractivity contribution is 4.63. The third kappa shape index (κ3) is 11.1. The fraction of sp³-hybridized carbons (Fsp3) is 0.944. The first kappa shape index (κ1) is 18.0. The normalized spacial score (nSPS) is 14.7. The van der Waals surface area contributed by atoms with E-state index in [-0.39, 0.29) is 0 Å². The number of hydrogen-bond acceptors (Lipinski definition) is 0. The van der Waals surface area contributed by atoms with Gasteiger partial charge in [-0.3, -0.25) is 0 Å². The molecule has 1 radical (unpaired) electrons. The van der Waals surface area contributed by atoms with Gasteiger partial charge in [0.25, 0.3) is 0 Å². The van der Waals surface area contributed by atoms with E-state index in [1.54, 1.807) is 0 Å². The molecule has 0 saturated carbocycles. The van der Waals surface area contributed by atoms with Gasteiger partial charge in [0.15, 0.2) is 0 Å². The summed E-state index contributed by atoms with van der Waals surface area (Å²) in [6.07, 6.45) is 17.0. The Morgan fingerprint density at radius 2 is 1.11 bits per heavy atom. The molecule has 0 aromatic heterocycles. The summed E-state index contributed by atoms with van der Waals surface area (Å²) >= 11 is 0. The Hall–Kier alpha value is 0. The van der Waals surface area contributed by atoms with Gasteiger partial charge < -0.3 is 0 Å². The molecule has 0 aliphatic carbocycles. The van der Waals surface area contributed by atoms with Gasteiger partial charge in [-0.2, -0.15) is 0 Å². The minimum Gasteiger partial charge on any atom is -0.0654 e. The molecule has 0 saturated heterocycles. The zero-order valence-corrected chi connectivity index (χ0v) is 13.3. The smallest absolute Gasteiger partial charge is 0.0417 e. The van der Waals surface area contributed by atoms with Crippen molar-refractivity contribution in [1.29, 1.82) is 0 Å². The van der Waals surface area contributed by atoms with Crippen LogP contribution >= 0.6 is 0 Å². The minimum absolute atomic E-state index is 0.809. The van der Waals surface area contributed by atoms with E-state index in [1.807, 2.05) is 0 Å². The minimum atomic E-state index is 0.809. The molecule has 0 fully saturated rings. The lowest BCUT2D eigenvalue weighted by Crippen LogP contribution is -2.06. The molecular weight excluding hydrogens is 216 g/mol. The largest absolute Gasteiger partial charge is 0.0654 e. The third-order valence-electron chi connectivity index (χ3n) is 4.44. The van der Waals surface area contributed by atoms with Gasteiger partial charge in [0.1, 0.15) is 0 Å². The lowest BCUT2D eigenvalue weighted by molar-refractivity contribution is 0.352. The third-order valence-corrected chi connectivity index (χ3v) is 4.44. The summed E-state index contributed by atoms with van der Waals surface area (Å²) in [5, 5.41) is 0. The highest BCUT2D eigenvalue weighted by atomic mass is 14.1. The maximum Gasteiger partial charge on any atom is -0.0417 e. The Bertz CT molecular complexity index is 150. The van der Waals surface area contributed by atoms with Gasteiger partial charge in [-0.15, -0.1) is 0 Å². The van der Waals surface area contributed by atoms with Gasteiger partial charge >= 0.3 is 0 Å². The summed E-state index contributed by atoms with van der Waals surface area (Å²) in [4.78, 5) is 0. The van der Waals surface area contributed by atoms with Crippen molar-refractivity contribution in [2.24, 2.45) is 11.8 Å². The van der Waals surface area contributed by atoms with E-state index in [2.05, 4.69) is 27.7 Å². The molecule has 2 unspecified atom stereocenters. The van der Waals surface area contributed by atoms with E-state index < -0.39 is 0 Å². The average molecular weight is 253 g/mol. The van der Waals surface area contributed by atoms with Crippen LogP contribution < -0.4 is 0 Å². The molecule has 0 amide bonds. The molecule has 18 heavy (non-hydrogen) atoms. The van der Waals surface area contributed by atoms with Crippen LogP contribution in [0.2, 0.25) is 0 Å². The lowest BCUT2D eigenvalue weighted by Gasteiger charge is -2.17. The summed E-state index contributed by atoms with van der Waals surface area (Å²) in [7, 11) is 0. The lowest BCUT2D eigenvalue weighted by atomic mass is 9.89. The van der Waals surface area contributed by atoms with E-state index in [0.717, 1.165) is 18.3 Å². The van der Waals surface area contributed by atoms with Gasteiger partial charge in [0.2, 0.25) is 0 Å². The monoisotopic (exact) mass is 253 g/mol. The van der Waals surface area contributed by atoms with Crippen LogP contribution in [-0.4, -0.2) is 0 Å². The zero-order valence-electron chi connectivity index (χ0n) is 13.3. The highest BCUT2D eigenvalue weighted by Gasteiger charge is 2.08. The van der Waals surface area contributed by atoms with Crippen LogP contribution in [-0.2, 0) is 0 Å². The van der Waals surface area contributed by atoms with Gasteiger partial charge in [-0.25, -0.2) is 0 Å². The molecule has 0 aromatic carbocycles. The van der Waals surface area contributed by atoms with Crippen molar-refractivity contribution in [2.45, 2.75) is 97.8 Å². The Morgan fingerprint density at radius 1 is 0.667 bits per heavy atom. The number of rotatable bonds is 13. The Morgan fingerprint density at radius 3 is 1.56 bits per heavy atom. The second-order valence-corrected chi connectivity index (χ2v) is 6.21. The SMILES string of the molecule is [CH2]CC(C)C(C)CCCCCCCCCCCC. The Kier molecular flexibility index (Phi) is 13.4. The molecule has 2 atom stereocenters. The molecule has 0 nitrogen and oxygen atoms in total. The van der Waals surface area contributed by atoms with E-state index in [9.17, 15) is 0 Å². The predicted octanol–water partition coefficient (Wildman–Crippen LogP) is 6.79. The molecule has 0 aliphatic rings. The van der Waals surface area contributed by atoms with Crippen molar-refractivity contribution in [1.82, 2.24) is 0 Å². The van der Waals surface area contributed by atoms with Crippen molar-refractivity contribution in [3.05, 3.63) is 6.92 Å². The Labute approximate surface area is 117 Å². The fourth-order valence-electron chi connectivity index (χ4n) is 2.52. The maximum atomic E-state index is 4.01. The van der Waals surface area contributed by atoms with Crippen LogP contribution in [0.25, 0.3) is 0 Å². The van der Waals surface area contributed by atoms with Crippen molar-refractivity contribution in [3.63, 3.8) is 0 Å². The Balaban J connectivity index is 3.11. The van der Waals surface area contributed by atoms with Crippen molar-refractivity contribution in [3.8, 4) is 0 Å². The van der Waals surface area contributed by atoms with Crippen LogP contribution in [0.1, 0.15) is 97.8 Å². The van der Waals surface area contributed by atoms with Crippen LogP contribution in [0.3, 0.4) is 0 Å². The van der Waals surface area contributed by atoms with Gasteiger partial charge in [-0.05, 0) is 11.8 Å². The fourth-order valence-corrected chi connectivity index (χ4v) is 2.52. The second kappa shape index (κ2) is 13.4. The molecule has 0 aliphatic heterocycles. The quantitative estimate of drug-likeness (QED) is 0.317. The van der Waals surface area contributed by atoms with Gasteiger partial charge in [0, 0.05) is 0 Å². The van der Waals surface area contributed by atoms with Crippen molar-refractivity contribution in [2.75, 3.05) is 0 Å². The van der Waals surface area contributed by atoms with E-state index in [1.165, 1.54) is 70.6 Å². The molecule has 0 heteroatoms. The summed E-state index contributed by atoms with van der Waals surface area (Å²) in [5.41, 5.74) is 0. The van der Waals surface area contributed by atoms with Gasteiger partial charge in [-0.1, -0.05) is 105 Å². The molecule has 0 rings (SSSR count). The zero-order chi connectivity index (χ0) is 13.6. The first-order valence-electron chi connectivity index (χ1n) is 8.51. The van der Waals surface area contributed by atoms with E-state index >= 15 is 0 Å².